The van der Waals surface area contributed by atoms with Crippen LogP contribution in [0.25, 0.3) is 0 Å². The maximum absolute atomic E-state index is 14.0. The molecule has 0 aliphatic carbocycles. The fourth-order valence-electron chi connectivity index (χ4n) is 3.33. The number of rotatable bonds is 4. The van der Waals surface area contributed by atoms with Crippen LogP contribution in [0.4, 0.5) is 4.39 Å². The van der Waals surface area contributed by atoms with Crippen LogP contribution in [0.15, 0.2) is 54.6 Å². The number of halogens is 2. The van der Waals surface area contributed by atoms with E-state index in [1.54, 1.807) is 18.2 Å². The normalized spacial score (nSPS) is 21.0. The average Bonchev–Trinajstić information content (AvgIpc) is 2.56. The third kappa shape index (κ3) is 4.10. The van der Waals surface area contributed by atoms with Crippen LogP contribution < -0.4 is 0 Å². The van der Waals surface area contributed by atoms with Gasteiger partial charge in [0.15, 0.2) is 0 Å². The Hall–Kier alpha value is -1.98. The third-order valence-electron chi connectivity index (χ3n) is 4.49. The molecule has 0 saturated carbocycles. The minimum absolute atomic E-state index is 0. The van der Waals surface area contributed by atoms with Crippen LogP contribution in [0.3, 0.4) is 0 Å². The lowest BCUT2D eigenvalue weighted by molar-refractivity contribution is -0.530. The molecule has 0 spiro atoms. The molecule has 24 heavy (non-hydrogen) atoms. The molecule has 0 unspecified atom stereocenters. The van der Waals surface area contributed by atoms with Crippen molar-refractivity contribution >= 4 is 12.4 Å². The van der Waals surface area contributed by atoms with Gasteiger partial charge in [0.05, 0.1) is 12.5 Å². The van der Waals surface area contributed by atoms with Crippen molar-refractivity contribution in [3.05, 3.63) is 81.7 Å². The third-order valence-corrected chi connectivity index (χ3v) is 4.49. The number of piperidine rings is 1. The Kier molecular flexibility index (Phi) is 6.29. The van der Waals surface area contributed by atoms with Crippen molar-refractivity contribution in [1.29, 1.82) is 0 Å². The van der Waals surface area contributed by atoms with Crippen molar-refractivity contribution in [3.63, 3.8) is 0 Å². The summed E-state index contributed by atoms with van der Waals surface area (Å²) in [4.78, 5) is 13.3. The van der Waals surface area contributed by atoms with Crippen LogP contribution in [0.5, 0.6) is 0 Å². The molecule has 3 rings (SSSR count). The molecule has 2 aromatic carbocycles. The van der Waals surface area contributed by atoms with Gasteiger partial charge in [-0.05, 0) is 30.2 Å². The van der Waals surface area contributed by atoms with Crippen molar-refractivity contribution < 1.29 is 9.31 Å². The lowest BCUT2D eigenvalue weighted by Gasteiger charge is -2.34. The molecule has 128 valence electrons. The molecule has 1 saturated heterocycles. The zero-order valence-electron chi connectivity index (χ0n) is 13.2. The van der Waals surface area contributed by atoms with Gasteiger partial charge in [-0.25, -0.2) is 4.39 Å². The van der Waals surface area contributed by atoms with Gasteiger partial charge in [0.1, 0.15) is 5.82 Å². The Morgan fingerprint density at radius 2 is 1.79 bits per heavy atom. The van der Waals surface area contributed by atoms with Crippen molar-refractivity contribution in [2.24, 2.45) is 0 Å². The molecule has 1 heterocycles. The molecule has 2 atom stereocenters. The molecule has 4 nitrogen and oxygen atoms in total. The van der Waals surface area contributed by atoms with Gasteiger partial charge < -0.3 is 0 Å². The van der Waals surface area contributed by atoms with E-state index in [0.717, 1.165) is 12.1 Å². The lowest BCUT2D eigenvalue weighted by atomic mass is 9.85. The Balaban J connectivity index is 0.00000208. The van der Waals surface area contributed by atoms with Gasteiger partial charge in [-0.15, -0.1) is 12.4 Å². The van der Waals surface area contributed by atoms with Crippen LogP contribution in [0.2, 0.25) is 0 Å². The first kappa shape index (κ1) is 18.4. The summed E-state index contributed by atoms with van der Waals surface area (Å²) < 4.78 is 14.0. The predicted molar refractivity (Wildman–Crippen MR) is 93.5 cm³/mol. The van der Waals surface area contributed by atoms with Crippen LogP contribution >= 0.6 is 12.4 Å². The van der Waals surface area contributed by atoms with E-state index in [2.05, 4.69) is 4.90 Å². The number of likely N-dealkylation sites (tertiary alicyclic amines) is 1. The number of benzene rings is 2. The van der Waals surface area contributed by atoms with Gasteiger partial charge in [0.2, 0.25) is 6.04 Å². The SMILES string of the molecule is Cl.O=[N+]([O-])[C@@H]1CN(Cc2ccccc2)CC[C@H]1c1ccccc1F. The molecule has 1 aliphatic rings. The summed E-state index contributed by atoms with van der Waals surface area (Å²) in [5.74, 6) is -0.709. The van der Waals surface area contributed by atoms with Crippen LogP contribution in [-0.4, -0.2) is 29.0 Å². The van der Waals surface area contributed by atoms with E-state index in [4.69, 9.17) is 0 Å². The topological polar surface area (TPSA) is 46.4 Å². The van der Waals surface area contributed by atoms with Crippen LogP contribution in [0, 0.1) is 15.9 Å². The zero-order valence-corrected chi connectivity index (χ0v) is 14.0. The van der Waals surface area contributed by atoms with E-state index in [-0.39, 0.29) is 29.1 Å². The smallest absolute Gasteiger partial charge is 0.232 e. The van der Waals surface area contributed by atoms with Gasteiger partial charge in [0.25, 0.3) is 0 Å². The monoisotopic (exact) mass is 350 g/mol. The second-order valence-corrected chi connectivity index (χ2v) is 5.99. The standard InChI is InChI=1S/C18H19FN2O2.ClH/c19-17-9-5-4-8-15(17)16-10-11-20(13-18(16)21(22)23)12-14-6-2-1-3-7-14;/h1-9,16,18H,10-13H2;1H/t16-,18+;/m0./s1. The molecule has 2 aromatic rings. The summed E-state index contributed by atoms with van der Waals surface area (Å²) in [7, 11) is 0. The second-order valence-electron chi connectivity index (χ2n) is 5.99. The summed E-state index contributed by atoms with van der Waals surface area (Å²) >= 11 is 0. The molecule has 0 aromatic heterocycles. The molecule has 0 amide bonds. The van der Waals surface area contributed by atoms with E-state index in [1.165, 1.54) is 6.07 Å². The Morgan fingerprint density at radius 3 is 2.46 bits per heavy atom. The van der Waals surface area contributed by atoms with E-state index >= 15 is 0 Å². The number of hydrogen-bond acceptors (Lipinski definition) is 3. The highest BCUT2D eigenvalue weighted by Gasteiger charge is 2.39. The molecule has 1 fully saturated rings. The van der Waals surface area contributed by atoms with Gasteiger partial charge in [0, 0.05) is 11.5 Å². The molecule has 1 aliphatic heterocycles. The predicted octanol–water partition coefficient (Wildman–Crippen LogP) is 3.88. The quantitative estimate of drug-likeness (QED) is 0.621. The Morgan fingerprint density at radius 1 is 1.12 bits per heavy atom. The molecule has 0 bridgehead atoms. The maximum Gasteiger partial charge on any atom is 0.232 e. The van der Waals surface area contributed by atoms with E-state index < -0.39 is 6.04 Å². The average molecular weight is 351 g/mol. The van der Waals surface area contributed by atoms with Crippen molar-refractivity contribution in [3.8, 4) is 0 Å². The summed E-state index contributed by atoms with van der Waals surface area (Å²) in [5, 5.41) is 11.5. The van der Waals surface area contributed by atoms with Crippen molar-refractivity contribution in [2.45, 2.75) is 24.9 Å². The Bertz CT molecular complexity index is 684. The molecular formula is C18H20ClFN2O2. The minimum atomic E-state index is -0.774. The summed E-state index contributed by atoms with van der Waals surface area (Å²) in [5.41, 5.74) is 1.60. The Labute approximate surface area is 146 Å². The van der Waals surface area contributed by atoms with Gasteiger partial charge in [-0.3, -0.25) is 15.0 Å². The first-order valence-corrected chi connectivity index (χ1v) is 7.79. The molecule has 0 N–H and O–H groups in total. The second kappa shape index (κ2) is 8.22. The minimum Gasteiger partial charge on any atom is -0.292 e. The maximum atomic E-state index is 14.0. The molecule has 0 radical (unpaired) electrons. The van der Waals surface area contributed by atoms with Crippen LogP contribution in [0.1, 0.15) is 23.5 Å². The number of nitrogens with zero attached hydrogens (tertiary/aromatic N) is 2. The lowest BCUT2D eigenvalue weighted by Crippen LogP contribution is -2.46. The fourth-order valence-corrected chi connectivity index (χ4v) is 3.33. The van der Waals surface area contributed by atoms with Gasteiger partial charge >= 0.3 is 0 Å². The van der Waals surface area contributed by atoms with Crippen molar-refractivity contribution in [1.82, 2.24) is 4.90 Å². The number of nitro groups is 1. The highest BCUT2D eigenvalue weighted by atomic mass is 35.5. The fraction of sp³-hybridized carbons (Fsp3) is 0.333. The summed E-state index contributed by atoms with van der Waals surface area (Å²) in [6.45, 7) is 1.77. The van der Waals surface area contributed by atoms with Crippen LogP contribution in [-0.2, 0) is 6.54 Å². The van der Waals surface area contributed by atoms with Gasteiger partial charge in [-0.2, -0.15) is 0 Å². The summed E-state index contributed by atoms with van der Waals surface area (Å²) in [6.07, 6.45) is 0.597. The summed E-state index contributed by atoms with van der Waals surface area (Å²) in [6, 6.07) is 15.5. The first-order valence-electron chi connectivity index (χ1n) is 7.79. The highest BCUT2D eigenvalue weighted by molar-refractivity contribution is 5.85. The number of hydrogen-bond donors (Lipinski definition) is 0. The van der Waals surface area contributed by atoms with E-state index in [9.17, 15) is 14.5 Å². The highest BCUT2D eigenvalue weighted by Crippen LogP contribution is 2.32. The van der Waals surface area contributed by atoms with Gasteiger partial charge in [-0.1, -0.05) is 48.5 Å². The first-order chi connectivity index (χ1) is 11.1. The largest absolute Gasteiger partial charge is 0.292 e. The molecule has 6 heteroatoms. The molecular weight excluding hydrogens is 331 g/mol. The zero-order chi connectivity index (χ0) is 16.2. The van der Waals surface area contributed by atoms with Crippen molar-refractivity contribution in [2.75, 3.05) is 13.1 Å². The van der Waals surface area contributed by atoms with E-state index in [1.807, 2.05) is 30.3 Å². The van der Waals surface area contributed by atoms with E-state index in [0.29, 0.717) is 25.1 Å².